The summed E-state index contributed by atoms with van der Waals surface area (Å²) in [6.07, 6.45) is 38.9. The van der Waals surface area contributed by atoms with Crippen LogP contribution in [0.4, 0.5) is 0 Å². The molecule has 3 atom stereocenters. The minimum atomic E-state index is -4.56. The molecule has 0 saturated heterocycles. The van der Waals surface area contributed by atoms with Gasteiger partial charge < -0.3 is 28.8 Å². The molecule has 2 N–H and O–H groups in total. The number of allylic oxidation sites excluding steroid dienone is 4. The summed E-state index contributed by atoms with van der Waals surface area (Å²) in [6.45, 7) is 4.66. The van der Waals surface area contributed by atoms with E-state index in [0.29, 0.717) is 23.9 Å². The molecule has 0 aromatic heterocycles. The van der Waals surface area contributed by atoms with Gasteiger partial charge in [0, 0.05) is 6.42 Å². The summed E-state index contributed by atoms with van der Waals surface area (Å²) >= 11 is 0. The first-order valence-corrected chi connectivity index (χ1v) is 22.7. The van der Waals surface area contributed by atoms with Crippen LogP contribution in [-0.4, -0.2) is 68.5 Å². The van der Waals surface area contributed by atoms with Gasteiger partial charge in [0.05, 0.1) is 39.9 Å². The predicted molar refractivity (Wildman–Crippen MR) is 215 cm³/mol. The van der Waals surface area contributed by atoms with Crippen LogP contribution in [0.25, 0.3) is 0 Å². The third-order valence-electron chi connectivity index (χ3n) is 9.47. The Balaban J connectivity index is 4.31. The van der Waals surface area contributed by atoms with Crippen molar-refractivity contribution in [1.82, 2.24) is 5.32 Å². The van der Waals surface area contributed by atoms with Crippen LogP contribution in [-0.2, 0) is 18.4 Å². The Morgan fingerprint density at radius 3 is 1.63 bits per heavy atom. The van der Waals surface area contributed by atoms with E-state index in [1.54, 1.807) is 0 Å². The number of carbonyl (C=O) groups excluding carboxylic acids is 1. The second-order valence-electron chi connectivity index (χ2n) is 15.7. The lowest BCUT2D eigenvalue weighted by Crippen LogP contribution is -2.46. The minimum absolute atomic E-state index is 0.0118. The Bertz CT molecular complexity index is 891. The van der Waals surface area contributed by atoms with Crippen LogP contribution in [0.15, 0.2) is 24.3 Å². The second kappa shape index (κ2) is 34.7. The number of aliphatic hydroxyl groups is 1. The summed E-state index contributed by atoms with van der Waals surface area (Å²) in [6, 6.07) is -0.798. The molecule has 0 aromatic carbocycles. The van der Waals surface area contributed by atoms with E-state index in [9.17, 15) is 19.4 Å². The molecule has 8 nitrogen and oxygen atoms in total. The first-order valence-electron chi connectivity index (χ1n) is 21.2. The van der Waals surface area contributed by atoms with Crippen LogP contribution in [0.2, 0.25) is 0 Å². The summed E-state index contributed by atoms with van der Waals surface area (Å²) in [5.74, 6) is -0.171. The third-order valence-corrected chi connectivity index (χ3v) is 10.4. The molecule has 0 aliphatic rings. The molecule has 51 heavy (non-hydrogen) atoms. The minimum Gasteiger partial charge on any atom is -0.756 e. The average Bonchev–Trinajstić information content (AvgIpc) is 3.07. The Morgan fingerprint density at radius 2 is 1.12 bits per heavy atom. The molecule has 1 amide bonds. The Hall–Kier alpha value is -1.02. The highest BCUT2D eigenvalue weighted by Crippen LogP contribution is 2.38. The molecule has 0 aliphatic heterocycles. The number of hydrogen-bond donors (Lipinski definition) is 2. The van der Waals surface area contributed by atoms with Crippen LogP contribution in [0, 0.1) is 0 Å². The van der Waals surface area contributed by atoms with Crippen molar-refractivity contribution in [3.63, 3.8) is 0 Å². The van der Waals surface area contributed by atoms with Gasteiger partial charge in [-0.2, -0.15) is 0 Å². The molecule has 302 valence electrons. The molecular weight excluding hydrogens is 659 g/mol. The largest absolute Gasteiger partial charge is 0.756 e. The molecule has 0 bridgehead atoms. The van der Waals surface area contributed by atoms with Gasteiger partial charge in [0.25, 0.3) is 7.82 Å². The number of rotatable bonds is 38. The highest BCUT2D eigenvalue weighted by atomic mass is 31.2. The standard InChI is InChI=1S/C42H83N2O6P/c1-6-8-10-12-14-16-18-19-20-21-22-23-24-25-26-28-30-32-34-36-42(46)43-40(39-50-51(47,48)49-38-37-44(3,4)5)41(45)35-33-31-29-27-17-15-13-11-9-7-2/h14,16,18-19,40-41,45H,6-13,15,17,20-39H2,1-5H3,(H-,43,46,47,48)/b16-14-,19-18-. The number of carbonyl (C=O) groups is 1. The van der Waals surface area contributed by atoms with Gasteiger partial charge in [0.15, 0.2) is 0 Å². The van der Waals surface area contributed by atoms with Crippen molar-refractivity contribution < 1.29 is 32.9 Å². The molecule has 0 aromatic rings. The van der Waals surface area contributed by atoms with E-state index in [1.807, 2.05) is 21.1 Å². The summed E-state index contributed by atoms with van der Waals surface area (Å²) < 4.78 is 23.2. The molecular formula is C42H83N2O6P. The van der Waals surface area contributed by atoms with Crippen molar-refractivity contribution >= 4 is 13.7 Å². The zero-order valence-electron chi connectivity index (χ0n) is 34.1. The van der Waals surface area contributed by atoms with Crippen LogP contribution in [0.1, 0.15) is 187 Å². The maximum Gasteiger partial charge on any atom is 0.268 e. The van der Waals surface area contributed by atoms with Gasteiger partial charge in [-0.15, -0.1) is 0 Å². The Morgan fingerprint density at radius 1 is 0.686 bits per heavy atom. The first-order chi connectivity index (χ1) is 24.5. The molecule has 0 spiro atoms. The molecule has 3 unspecified atom stereocenters. The van der Waals surface area contributed by atoms with Crippen LogP contribution in [0.5, 0.6) is 0 Å². The van der Waals surface area contributed by atoms with E-state index in [2.05, 4.69) is 43.5 Å². The summed E-state index contributed by atoms with van der Waals surface area (Å²) in [5.41, 5.74) is 0. The van der Waals surface area contributed by atoms with Crippen LogP contribution in [0.3, 0.4) is 0 Å². The van der Waals surface area contributed by atoms with Gasteiger partial charge in [-0.05, 0) is 38.5 Å². The predicted octanol–water partition coefficient (Wildman–Crippen LogP) is 10.7. The number of nitrogens with one attached hydrogen (secondary N) is 1. The number of quaternary nitrogens is 1. The maximum absolute atomic E-state index is 12.8. The third kappa shape index (κ3) is 37.1. The number of phosphoric ester groups is 1. The van der Waals surface area contributed by atoms with E-state index in [1.165, 1.54) is 122 Å². The lowest BCUT2D eigenvalue weighted by atomic mass is 10.0. The quantitative estimate of drug-likeness (QED) is 0.0282. The summed E-state index contributed by atoms with van der Waals surface area (Å²) in [5, 5.41) is 13.8. The molecule has 0 fully saturated rings. The zero-order valence-corrected chi connectivity index (χ0v) is 35.0. The second-order valence-corrected chi connectivity index (χ2v) is 17.1. The SMILES string of the molecule is CCCCC/C=C\C=C/CCCCCCCCCCCCC(=O)NC(COP(=O)([O-])OCC[N+](C)(C)C)C(O)CCCCCCCCCCCC. The molecule has 0 rings (SSSR count). The maximum atomic E-state index is 12.8. The monoisotopic (exact) mass is 743 g/mol. The number of hydrogen-bond acceptors (Lipinski definition) is 6. The number of likely N-dealkylation sites (N-methyl/N-ethyl adjacent to an activating group) is 1. The van der Waals surface area contributed by atoms with Gasteiger partial charge in [-0.3, -0.25) is 9.36 Å². The fourth-order valence-corrected chi connectivity index (χ4v) is 6.75. The van der Waals surface area contributed by atoms with Crippen molar-refractivity contribution in [2.24, 2.45) is 0 Å². The lowest BCUT2D eigenvalue weighted by molar-refractivity contribution is -0.870. The molecule has 0 heterocycles. The van der Waals surface area contributed by atoms with Crippen molar-refractivity contribution in [3.8, 4) is 0 Å². The Labute approximate surface area is 315 Å². The fraction of sp³-hybridized carbons (Fsp3) is 0.881. The Kier molecular flexibility index (Phi) is 34.0. The van der Waals surface area contributed by atoms with Gasteiger partial charge in [0.1, 0.15) is 13.2 Å². The summed E-state index contributed by atoms with van der Waals surface area (Å²) in [7, 11) is 1.30. The lowest BCUT2D eigenvalue weighted by Gasteiger charge is -2.30. The fourth-order valence-electron chi connectivity index (χ4n) is 6.03. The highest BCUT2D eigenvalue weighted by molar-refractivity contribution is 7.45. The number of unbranched alkanes of at least 4 members (excludes halogenated alkanes) is 22. The van der Waals surface area contributed by atoms with Crippen molar-refractivity contribution in [2.75, 3.05) is 40.9 Å². The number of aliphatic hydroxyl groups excluding tert-OH is 1. The van der Waals surface area contributed by atoms with Crippen molar-refractivity contribution in [1.29, 1.82) is 0 Å². The van der Waals surface area contributed by atoms with E-state index in [0.717, 1.165) is 38.5 Å². The van der Waals surface area contributed by atoms with Crippen molar-refractivity contribution in [3.05, 3.63) is 24.3 Å². The highest BCUT2D eigenvalue weighted by Gasteiger charge is 2.24. The van der Waals surface area contributed by atoms with Crippen LogP contribution >= 0.6 is 7.82 Å². The van der Waals surface area contributed by atoms with Crippen molar-refractivity contribution in [2.45, 2.75) is 199 Å². The van der Waals surface area contributed by atoms with Gasteiger partial charge >= 0.3 is 0 Å². The first kappa shape index (κ1) is 50.0. The zero-order chi connectivity index (χ0) is 37.9. The van der Waals surface area contributed by atoms with E-state index in [4.69, 9.17) is 9.05 Å². The van der Waals surface area contributed by atoms with E-state index < -0.39 is 20.0 Å². The van der Waals surface area contributed by atoms with E-state index >= 15 is 0 Å². The summed E-state index contributed by atoms with van der Waals surface area (Å²) in [4.78, 5) is 25.2. The molecule has 0 radical (unpaired) electrons. The molecule has 0 aliphatic carbocycles. The number of phosphoric acid groups is 1. The molecule has 9 heteroatoms. The topological polar surface area (TPSA) is 108 Å². The number of nitrogens with zero attached hydrogens (tertiary/aromatic N) is 1. The van der Waals surface area contributed by atoms with Gasteiger partial charge in [-0.1, -0.05) is 167 Å². The van der Waals surface area contributed by atoms with Gasteiger partial charge in [-0.25, -0.2) is 0 Å². The van der Waals surface area contributed by atoms with E-state index in [-0.39, 0.29) is 19.1 Å². The smallest absolute Gasteiger partial charge is 0.268 e. The average molecular weight is 743 g/mol. The molecule has 0 saturated carbocycles. The normalized spacial score (nSPS) is 14.7. The number of amides is 1. The van der Waals surface area contributed by atoms with Gasteiger partial charge in [0.2, 0.25) is 5.91 Å². The van der Waals surface area contributed by atoms with Crippen LogP contribution < -0.4 is 10.2 Å².